The Hall–Kier alpha value is -7.64. The lowest BCUT2D eigenvalue weighted by atomic mass is 9.57. The molecule has 0 unspecified atom stereocenters. The molecule has 0 amide bonds. The van der Waals surface area contributed by atoms with E-state index in [1.54, 1.807) is 0 Å². The smallest absolute Gasteiger partial charge is 0.198 e. The zero-order valence-corrected chi connectivity index (χ0v) is 43.7. The van der Waals surface area contributed by atoms with Crippen molar-refractivity contribution in [3.63, 3.8) is 0 Å². The Morgan fingerprint density at radius 3 is 1.93 bits per heavy atom. The third kappa shape index (κ3) is 7.21. The van der Waals surface area contributed by atoms with E-state index in [0.29, 0.717) is 5.92 Å². The molecule has 0 spiro atoms. The molecule has 1 aliphatic carbocycles. The average molecular weight is 988 g/mol. The molecule has 0 saturated heterocycles. The van der Waals surface area contributed by atoms with Crippen molar-refractivity contribution in [1.29, 1.82) is 0 Å². The molecule has 14 rings (SSSR count). The van der Waals surface area contributed by atoms with Crippen LogP contribution >= 0.6 is 23.5 Å². The van der Waals surface area contributed by atoms with E-state index >= 15 is 0 Å². The average Bonchev–Trinajstić information content (AvgIpc) is 4.04. The van der Waals surface area contributed by atoms with Crippen LogP contribution < -0.4 is 20.7 Å². The van der Waals surface area contributed by atoms with E-state index in [9.17, 15) is 0 Å². The lowest BCUT2D eigenvalue weighted by Gasteiger charge is -2.38. The molecule has 0 fully saturated rings. The molecular formula is C68H54BN3S2. The molecule has 1 aromatic heterocycles. The predicted molar refractivity (Wildman–Crippen MR) is 318 cm³/mol. The Kier molecular flexibility index (Phi) is 10.8. The lowest BCUT2D eigenvalue weighted by molar-refractivity contribution is 0.665. The summed E-state index contributed by atoms with van der Waals surface area (Å²) < 4.78 is 0. The second kappa shape index (κ2) is 17.8. The molecule has 6 heteroatoms. The summed E-state index contributed by atoms with van der Waals surface area (Å²) >= 11 is 3.81. The Morgan fingerprint density at radius 2 is 1.20 bits per heavy atom. The number of nitrogens with one attached hydrogen (secondary N) is 1. The van der Waals surface area contributed by atoms with Gasteiger partial charge in [-0.2, -0.15) is 0 Å². The Labute approximate surface area is 443 Å². The molecule has 10 aromatic carbocycles. The minimum Gasteiger partial charge on any atom is -0.354 e. The molecule has 3 heterocycles. The van der Waals surface area contributed by atoms with E-state index in [2.05, 4.69) is 255 Å². The van der Waals surface area contributed by atoms with Gasteiger partial charge in [0.25, 0.3) is 0 Å². The fourth-order valence-electron chi connectivity index (χ4n) is 12.5. The third-order valence-corrected chi connectivity index (χ3v) is 18.5. The molecule has 1 atom stereocenters. The van der Waals surface area contributed by atoms with Crippen LogP contribution in [0.25, 0.3) is 55.2 Å². The van der Waals surface area contributed by atoms with Gasteiger partial charge in [0, 0.05) is 75.5 Å². The van der Waals surface area contributed by atoms with Crippen molar-refractivity contribution < 1.29 is 0 Å². The zero-order chi connectivity index (χ0) is 49.7. The maximum atomic E-state index is 4.20. The molecular weight excluding hydrogens is 934 g/mol. The van der Waals surface area contributed by atoms with Gasteiger partial charge >= 0.3 is 0 Å². The highest BCUT2D eigenvalue weighted by atomic mass is 32.2. The van der Waals surface area contributed by atoms with Crippen LogP contribution in [0.15, 0.2) is 232 Å². The lowest BCUT2D eigenvalue weighted by Crippen LogP contribution is -2.41. The molecule has 74 heavy (non-hydrogen) atoms. The van der Waals surface area contributed by atoms with Crippen molar-refractivity contribution in [1.82, 2.24) is 4.98 Å². The highest BCUT2D eigenvalue weighted by Gasteiger charge is 2.40. The van der Waals surface area contributed by atoms with E-state index in [4.69, 9.17) is 0 Å². The normalized spacial score (nSPS) is 14.1. The van der Waals surface area contributed by atoms with Crippen LogP contribution in [0.2, 0.25) is 0 Å². The topological polar surface area (TPSA) is 22.3 Å². The molecule has 0 bridgehead atoms. The van der Waals surface area contributed by atoms with Gasteiger partial charge in [0.1, 0.15) is 0 Å². The maximum absolute atomic E-state index is 4.20. The Balaban J connectivity index is 1.09. The quantitative estimate of drug-likeness (QED) is 0.146. The van der Waals surface area contributed by atoms with Gasteiger partial charge in [-0.05, 0) is 129 Å². The van der Waals surface area contributed by atoms with Crippen molar-refractivity contribution in [2.45, 2.75) is 71.5 Å². The van der Waals surface area contributed by atoms with Crippen molar-refractivity contribution >= 4 is 97.5 Å². The van der Waals surface area contributed by atoms with E-state index in [-0.39, 0.29) is 5.41 Å². The first-order chi connectivity index (χ1) is 36.3. The van der Waals surface area contributed by atoms with Gasteiger partial charge in [0.05, 0.1) is 16.9 Å². The number of aromatic amines is 1. The van der Waals surface area contributed by atoms with Gasteiger partial charge in [-0.25, -0.2) is 0 Å². The van der Waals surface area contributed by atoms with Crippen molar-refractivity contribution in [3.05, 3.63) is 229 Å². The standard InChI is InChI=1S/C68H54BN3S2/c1-5-21-42(2)44-34-35-56(51(36-44)43-22-9-6-10-23-43)72-57-41-62-61(73-59-32-19-20-33-60(59)74-62)40-55(57)69-65-58(72)37-45-24-15-16-29-49(45)63(65)52-38-48(71(46-25-11-7-12-26-46)47-27-13-8-14-28-47)39-53-64-67(70-66(52)53)50-30-17-18-31-54(50)68(64,3)4/h6-20,22-42,69-70H,5,21H2,1-4H3/t42-/m0/s1. The Bertz CT molecular complexity index is 3970. The largest absolute Gasteiger partial charge is 0.354 e. The molecule has 3 nitrogen and oxygen atoms in total. The number of fused-ring (bicyclic) bond motifs is 10. The van der Waals surface area contributed by atoms with E-state index in [1.807, 2.05) is 23.5 Å². The van der Waals surface area contributed by atoms with E-state index in [0.717, 1.165) is 37.2 Å². The minimum atomic E-state index is -0.236. The predicted octanol–water partition coefficient (Wildman–Crippen LogP) is 18.1. The fraction of sp³-hybridized carbons (Fsp3) is 0.118. The van der Waals surface area contributed by atoms with E-state index < -0.39 is 0 Å². The monoisotopic (exact) mass is 987 g/mol. The van der Waals surface area contributed by atoms with Crippen molar-refractivity contribution in [2.75, 3.05) is 9.80 Å². The number of rotatable bonds is 9. The molecule has 3 aliphatic rings. The fourth-order valence-corrected chi connectivity index (χ4v) is 14.8. The number of benzene rings is 10. The first-order valence-corrected chi connectivity index (χ1v) is 27.8. The number of nitrogens with zero attached hydrogens (tertiary/aromatic N) is 2. The summed E-state index contributed by atoms with van der Waals surface area (Å²) in [6.45, 7) is 9.50. The molecule has 1 N–H and O–H groups in total. The summed E-state index contributed by atoms with van der Waals surface area (Å²) in [5.41, 5.74) is 22.1. The van der Waals surface area contributed by atoms with Crippen molar-refractivity contribution in [3.8, 4) is 33.5 Å². The van der Waals surface area contributed by atoms with Crippen LogP contribution in [0.3, 0.4) is 0 Å². The number of hydrogen-bond donors (Lipinski definition) is 1. The summed E-state index contributed by atoms with van der Waals surface area (Å²) in [5.74, 6) is 0.439. The van der Waals surface area contributed by atoms with Gasteiger partial charge in [-0.1, -0.05) is 203 Å². The zero-order valence-electron chi connectivity index (χ0n) is 42.1. The van der Waals surface area contributed by atoms with Crippen molar-refractivity contribution in [2.24, 2.45) is 0 Å². The highest BCUT2D eigenvalue weighted by molar-refractivity contribution is 8.05. The Morgan fingerprint density at radius 1 is 0.554 bits per heavy atom. The van der Waals surface area contributed by atoms with Gasteiger partial charge < -0.3 is 14.8 Å². The number of para-hydroxylation sites is 2. The summed E-state index contributed by atoms with van der Waals surface area (Å²) in [6, 6.07) is 79.7. The van der Waals surface area contributed by atoms with Crippen LogP contribution in [0.4, 0.5) is 34.1 Å². The summed E-state index contributed by atoms with van der Waals surface area (Å²) in [7, 11) is 0.773. The SMILES string of the molecule is CCC[C@H](C)c1ccc(N2c3cc4c(cc3Bc3c2cc2ccccc2c3-c2cc(N(c3ccccc3)c3ccccc3)cc3c5c([nH]c23)-c2ccccc2C5(C)C)Sc2ccccc2S4)c(-c2ccccc2)c1. The summed E-state index contributed by atoms with van der Waals surface area (Å²) in [4.78, 5) is 14.5. The second-order valence-corrected chi connectivity index (χ2v) is 23.0. The molecule has 0 radical (unpaired) electrons. The van der Waals surface area contributed by atoms with Gasteiger partial charge in [0.2, 0.25) is 0 Å². The first-order valence-electron chi connectivity index (χ1n) is 26.2. The number of hydrogen-bond acceptors (Lipinski definition) is 4. The van der Waals surface area contributed by atoms with Crippen LogP contribution in [-0.4, -0.2) is 12.3 Å². The number of anilines is 6. The summed E-state index contributed by atoms with van der Waals surface area (Å²) in [6.07, 6.45) is 2.29. The van der Waals surface area contributed by atoms with Crippen LogP contribution in [-0.2, 0) is 5.41 Å². The van der Waals surface area contributed by atoms with Gasteiger partial charge in [-0.15, -0.1) is 0 Å². The third-order valence-electron chi connectivity index (χ3n) is 16.0. The van der Waals surface area contributed by atoms with Crippen LogP contribution in [0.5, 0.6) is 0 Å². The summed E-state index contributed by atoms with van der Waals surface area (Å²) in [5, 5.41) is 3.72. The number of aromatic nitrogens is 1. The van der Waals surface area contributed by atoms with Gasteiger partial charge in [-0.3, -0.25) is 0 Å². The highest BCUT2D eigenvalue weighted by Crippen LogP contribution is 2.56. The molecule has 0 saturated carbocycles. The molecule has 2 aliphatic heterocycles. The minimum absolute atomic E-state index is 0.236. The second-order valence-electron chi connectivity index (χ2n) is 20.9. The van der Waals surface area contributed by atoms with E-state index in [1.165, 1.54) is 119 Å². The van der Waals surface area contributed by atoms with Crippen LogP contribution in [0.1, 0.15) is 63.1 Å². The van der Waals surface area contributed by atoms with Gasteiger partial charge in [0.15, 0.2) is 7.28 Å². The first kappa shape index (κ1) is 45.0. The molecule has 11 aromatic rings. The maximum Gasteiger partial charge on any atom is 0.198 e. The van der Waals surface area contributed by atoms with Crippen LogP contribution in [0, 0.1) is 0 Å². The number of H-pyrrole nitrogens is 1. The molecule has 356 valence electrons.